The molecule has 1 rings (SSSR count). The third-order valence-corrected chi connectivity index (χ3v) is 3.22. The Bertz CT molecular complexity index is 387. The minimum atomic E-state index is 0.0658. The first kappa shape index (κ1) is 14.7. The van der Waals surface area contributed by atoms with Crippen LogP contribution in [0.5, 0.6) is 0 Å². The predicted octanol–water partition coefficient (Wildman–Crippen LogP) is 2.84. The Labute approximate surface area is 110 Å². The van der Waals surface area contributed by atoms with Gasteiger partial charge in [-0.05, 0) is 32.9 Å². The summed E-state index contributed by atoms with van der Waals surface area (Å²) in [5.74, 6) is 0.0658. The maximum absolute atomic E-state index is 8.79. The van der Waals surface area contributed by atoms with Gasteiger partial charge in [0, 0.05) is 19.3 Å². The summed E-state index contributed by atoms with van der Waals surface area (Å²) in [6, 6.07) is 4.83. The van der Waals surface area contributed by atoms with Crippen molar-refractivity contribution in [2.24, 2.45) is 5.92 Å². The molecule has 1 heterocycles. The Morgan fingerprint density at radius 2 is 2.11 bits per heavy atom. The molecule has 18 heavy (non-hydrogen) atoms. The molecule has 1 atom stereocenters. The van der Waals surface area contributed by atoms with Crippen LogP contribution in [0, 0.1) is 17.2 Å². The molecule has 1 aromatic heterocycles. The van der Waals surface area contributed by atoms with Crippen LogP contribution in [-0.2, 0) is 6.54 Å². The second-order valence-electron chi connectivity index (χ2n) is 4.98. The Kier molecular flexibility index (Phi) is 5.87. The van der Waals surface area contributed by atoms with Gasteiger partial charge in [0.25, 0.3) is 0 Å². The van der Waals surface area contributed by atoms with E-state index in [4.69, 9.17) is 5.26 Å². The van der Waals surface area contributed by atoms with Crippen molar-refractivity contribution < 1.29 is 0 Å². The van der Waals surface area contributed by atoms with E-state index in [1.54, 1.807) is 0 Å². The molecule has 100 valence electrons. The molecule has 0 aliphatic carbocycles. The molecular formula is C14H24N4. The average molecular weight is 248 g/mol. The highest BCUT2D eigenvalue weighted by Gasteiger charge is 2.10. The maximum atomic E-state index is 8.79. The van der Waals surface area contributed by atoms with Crippen molar-refractivity contribution in [1.82, 2.24) is 14.7 Å². The summed E-state index contributed by atoms with van der Waals surface area (Å²) < 4.78 is 2.07. The number of nitriles is 1. The molecule has 4 heteroatoms. The van der Waals surface area contributed by atoms with Gasteiger partial charge in [-0.15, -0.1) is 0 Å². The van der Waals surface area contributed by atoms with Gasteiger partial charge in [0.15, 0.2) is 0 Å². The lowest BCUT2D eigenvalue weighted by Crippen LogP contribution is -2.23. The zero-order valence-electron chi connectivity index (χ0n) is 11.9. The van der Waals surface area contributed by atoms with Gasteiger partial charge in [-0.3, -0.25) is 9.58 Å². The zero-order chi connectivity index (χ0) is 13.5. The molecule has 0 aromatic carbocycles. The first-order chi connectivity index (χ1) is 8.60. The highest BCUT2D eigenvalue weighted by molar-refractivity contribution is 5.00. The van der Waals surface area contributed by atoms with Gasteiger partial charge >= 0.3 is 0 Å². The molecule has 0 radical (unpaired) electrons. The lowest BCUT2D eigenvalue weighted by molar-refractivity contribution is 0.297. The van der Waals surface area contributed by atoms with Crippen LogP contribution >= 0.6 is 0 Å². The number of aromatic nitrogens is 2. The van der Waals surface area contributed by atoms with Crippen LogP contribution in [0.1, 0.15) is 45.3 Å². The molecule has 1 aromatic rings. The van der Waals surface area contributed by atoms with E-state index in [2.05, 4.69) is 46.9 Å². The van der Waals surface area contributed by atoms with Crippen molar-refractivity contribution in [2.75, 3.05) is 13.6 Å². The maximum Gasteiger partial charge on any atom is 0.0764 e. The van der Waals surface area contributed by atoms with Gasteiger partial charge < -0.3 is 0 Å². The number of hydrogen-bond donors (Lipinski definition) is 0. The number of rotatable bonds is 7. The van der Waals surface area contributed by atoms with Gasteiger partial charge in [-0.2, -0.15) is 10.4 Å². The summed E-state index contributed by atoms with van der Waals surface area (Å²) >= 11 is 0. The normalized spacial score (nSPS) is 12.9. The molecule has 4 nitrogen and oxygen atoms in total. The molecule has 0 N–H and O–H groups in total. The lowest BCUT2D eigenvalue weighted by atomic mass is 10.2. The second-order valence-corrected chi connectivity index (χ2v) is 4.98. The van der Waals surface area contributed by atoms with E-state index in [9.17, 15) is 0 Å². The van der Waals surface area contributed by atoms with Gasteiger partial charge in [-0.25, -0.2) is 0 Å². The van der Waals surface area contributed by atoms with Crippen LogP contribution < -0.4 is 0 Å². The van der Waals surface area contributed by atoms with Crippen molar-refractivity contribution >= 4 is 0 Å². The van der Waals surface area contributed by atoms with Crippen molar-refractivity contribution in [3.05, 3.63) is 18.0 Å². The second kappa shape index (κ2) is 7.17. The van der Waals surface area contributed by atoms with Crippen LogP contribution in [0.4, 0.5) is 0 Å². The quantitative estimate of drug-likeness (QED) is 0.745. The molecule has 0 fully saturated rings. The minimum Gasteiger partial charge on any atom is -0.299 e. The van der Waals surface area contributed by atoms with Crippen molar-refractivity contribution in [3.63, 3.8) is 0 Å². The fourth-order valence-corrected chi connectivity index (χ4v) is 2.18. The van der Waals surface area contributed by atoms with Crippen molar-refractivity contribution in [1.29, 1.82) is 5.26 Å². The molecule has 0 aliphatic heterocycles. The van der Waals surface area contributed by atoms with Gasteiger partial charge in [-0.1, -0.05) is 13.8 Å². The fourth-order valence-electron chi connectivity index (χ4n) is 2.18. The topological polar surface area (TPSA) is 44.9 Å². The summed E-state index contributed by atoms with van der Waals surface area (Å²) in [5.41, 5.74) is 1.08. The Hall–Kier alpha value is -1.34. The number of hydrogen-bond acceptors (Lipinski definition) is 3. The van der Waals surface area contributed by atoms with E-state index < -0.39 is 0 Å². The van der Waals surface area contributed by atoms with E-state index in [1.165, 1.54) is 0 Å². The molecular weight excluding hydrogens is 224 g/mol. The Morgan fingerprint density at radius 3 is 2.67 bits per heavy atom. The summed E-state index contributed by atoms with van der Waals surface area (Å²) in [5, 5.41) is 13.4. The van der Waals surface area contributed by atoms with Crippen molar-refractivity contribution in [3.8, 4) is 6.07 Å². The minimum absolute atomic E-state index is 0.0658. The third-order valence-electron chi connectivity index (χ3n) is 3.22. The highest BCUT2D eigenvalue weighted by atomic mass is 15.3. The molecule has 0 spiro atoms. The zero-order valence-corrected chi connectivity index (χ0v) is 11.9. The van der Waals surface area contributed by atoms with Crippen LogP contribution in [0.3, 0.4) is 0 Å². The van der Waals surface area contributed by atoms with E-state index in [-0.39, 0.29) is 5.92 Å². The monoisotopic (exact) mass is 248 g/mol. The van der Waals surface area contributed by atoms with Crippen LogP contribution in [0.15, 0.2) is 12.3 Å². The summed E-state index contributed by atoms with van der Waals surface area (Å²) in [6.07, 6.45) is 4.28. The van der Waals surface area contributed by atoms with E-state index >= 15 is 0 Å². The largest absolute Gasteiger partial charge is 0.299 e. The van der Waals surface area contributed by atoms with E-state index in [0.29, 0.717) is 6.04 Å². The SMILES string of the molecule is CCC(CC)n1ccc(CN(C)CC(C)C#N)n1. The lowest BCUT2D eigenvalue weighted by Gasteiger charge is -2.16. The van der Waals surface area contributed by atoms with Crippen LogP contribution in [0.2, 0.25) is 0 Å². The Balaban J connectivity index is 2.56. The summed E-state index contributed by atoms with van der Waals surface area (Å²) in [7, 11) is 2.03. The molecule has 0 saturated carbocycles. The van der Waals surface area contributed by atoms with Crippen molar-refractivity contribution in [2.45, 2.75) is 46.2 Å². The highest BCUT2D eigenvalue weighted by Crippen LogP contribution is 2.15. The Morgan fingerprint density at radius 1 is 1.44 bits per heavy atom. The molecule has 0 saturated heterocycles. The third kappa shape index (κ3) is 4.15. The predicted molar refractivity (Wildman–Crippen MR) is 73.0 cm³/mol. The average Bonchev–Trinajstić information content (AvgIpc) is 2.78. The summed E-state index contributed by atoms with van der Waals surface area (Å²) in [6.45, 7) is 7.92. The summed E-state index contributed by atoms with van der Waals surface area (Å²) in [4.78, 5) is 2.15. The van der Waals surface area contributed by atoms with Gasteiger partial charge in [0.05, 0.1) is 23.7 Å². The fraction of sp³-hybridized carbons (Fsp3) is 0.714. The van der Waals surface area contributed by atoms with Crippen LogP contribution in [0.25, 0.3) is 0 Å². The van der Waals surface area contributed by atoms with Gasteiger partial charge in [0.1, 0.15) is 0 Å². The van der Waals surface area contributed by atoms with E-state index in [0.717, 1.165) is 31.6 Å². The molecule has 1 unspecified atom stereocenters. The first-order valence-corrected chi connectivity index (χ1v) is 6.72. The molecule has 0 aliphatic rings. The smallest absolute Gasteiger partial charge is 0.0764 e. The van der Waals surface area contributed by atoms with Gasteiger partial charge in [0.2, 0.25) is 0 Å². The number of nitrogens with zero attached hydrogens (tertiary/aromatic N) is 4. The molecule has 0 bridgehead atoms. The standard InChI is InChI=1S/C14H24N4/c1-5-14(6-2)18-8-7-13(16-18)11-17(4)10-12(3)9-15/h7-8,12,14H,5-6,10-11H2,1-4H3. The molecule has 0 amide bonds. The van der Waals surface area contributed by atoms with E-state index in [1.807, 2.05) is 14.0 Å². The first-order valence-electron chi connectivity index (χ1n) is 6.72. The van der Waals surface area contributed by atoms with Crippen LogP contribution in [-0.4, -0.2) is 28.3 Å².